The summed E-state index contributed by atoms with van der Waals surface area (Å²) in [5.41, 5.74) is 1.40. The topological polar surface area (TPSA) is 15.3 Å². The van der Waals surface area contributed by atoms with Crippen LogP contribution in [0.25, 0.3) is 0 Å². The lowest BCUT2D eigenvalue weighted by atomic mass is 9.97. The van der Waals surface area contributed by atoms with E-state index in [-0.39, 0.29) is 0 Å². The Balaban J connectivity index is 1.78. The highest BCUT2D eigenvalue weighted by Gasteiger charge is 2.29. The molecule has 0 spiro atoms. The minimum Gasteiger partial charge on any atom is -0.308 e. The van der Waals surface area contributed by atoms with Crippen LogP contribution in [-0.4, -0.2) is 24.5 Å². The van der Waals surface area contributed by atoms with Crippen LogP contribution < -0.4 is 5.32 Å². The van der Waals surface area contributed by atoms with Gasteiger partial charge in [-0.25, -0.2) is 0 Å². The number of rotatable bonds is 4. The number of benzene rings is 1. The number of thiophene rings is 1. The molecular formula is C18H24N2S. The Bertz CT molecular complexity index is 536. The smallest absolute Gasteiger partial charge is 0.0465 e. The van der Waals surface area contributed by atoms with Crippen molar-refractivity contribution in [1.82, 2.24) is 10.2 Å². The highest BCUT2D eigenvalue weighted by Crippen LogP contribution is 2.34. The molecule has 3 rings (SSSR count). The predicted molar refractivity (Wildman–Crippen MR) is 90.7 cm³/mol. The molecule has 1 saturated heterocycles. The molecule has 0 amide bonds. The summed E-state index contributed by atoms with van der Waals surface area (Å²) in [5, 5.41) is 5.86. The quantitative estimate of drug-likeness (QED) is 0.915. The van der Waals surface area contributed by atoms with Crippen LogP contribution in [0, 0.1) is 5.92 Å². The molecule has 0 aliphatic carbocycles. The molecule has 1 aromatic carbocycles. The van der Waals surface area contributed by atoms with E-state index >= 15 is 0 Å². The molecule has 0 radical (unpaired) electrons. The first kappa shape index (κ1) is 14.8. The maximum Gasteiger partial charge on any atom is 0.0465 e. The second-order valence-electron chi connectivity index (χ2n) is 6.12. The summed E-state index contributed by atoms with van der Waals surface area (Å²) in [6.07, 6.45) is 0. The average Bonchev–Trinajstić information content (AvgIpc) is 3.02. The van der Waals surface area contributed by atoms with Crippen molar-refractivity contribution in [3.8, 4) is 0 Å². The molecule has 2 nitrogen and oxygen atoms in total. The molecule has 2 unspecified atom stereocenters. The van der Waals surface area contributed by atoms with Gasteiger partial charge in [0.15, 0.2) is 0 Å². The first-order valence-electron chi connectivity index (χ1n) is 7.81. The number of hydrogen-bond donors (Lipinski definition) is 1. The van der Waals surface area contributed by atoms with E-state index in [1.54, 1.807) is 0 Å². The van der Waals surface area contributed by atoms with Crippen molar-refractivity contribution in [3.63, 3.8) is 0 Å². The summed E-state index contributed by atoms with van der Waals surface area (Å²) in [5.74, 6) is 0.637. The molecule has 2 heterocycles. The zero-order chi connectivity index (χ0) is 14.7. The van der Waals surface area contributed by atoms with Crippen LogP contribution >= 0.6 is 11.3 Å². The van der Waals surface area contributed by atoms with Crippen LogP contribution in [0.1, 0.15) is 36.4 Å². The maximum atomic E-state index is 3.67. The fraction of sp³-hybridized carbons (Fsp3) is 0.444. The second kappa shape index (κ2) is 6.73. The molecule has 0 bridgehead atoms. The number of piperazine rings is 1. The van der Waals surface area contributed by atoms with Gasteiger partial charge >= 0.3 is 0 Å². The standard InChI is InChI=1S/C18H24N2S/c1-14(2)18(17-9-6-12-21-17)20-11-10-19-16(13-20)15-7-4-3-5-8-15/h3-9,12,14,16,18-19H,10-11,13H2,1-2H3. The molecule has 1 aromatic heterocycles. The van der Waals surface area contributed by atoms with Gasteiger partial charge in [-0.1, -0.05) is 50.2 Å². The number of nitrogens with one attached hydrogen (secondary N) is 1. The lowest BCUT2D eigenvalue weighted by Gasteiger charge is -2.40. The number of hydrogen-bond acceptors (Lipinski definition) is 3. The van der Waals surface area contributed by atoms with Gasteiger partial charge in [-0.2, -0.15) is 0 Å². The van der Waals surface area contributed by atoms with Gasteiger partial charge in [0, 0.05) is 36.6 Å². The Kier molecular flexibility index (Phi) is 4.73. The van der Waals surface area contributed by atoms with Crippen LogP contribution in [0.15, 0.2) is 47.8 Å². The van der Waals surface area contributed by atoms with E-state index in [1.165, 1.54) is 10.4 Å². The van der Waals surface area contributed by atoms with Gasteiger partial charge < -0.3 is 5.32 Å². The minimum absolute atomic E-state index is 0.446. The Morgan fingerprint density at radius 3 is 2.62 bits per heavy atom. The van der Waals surface area contributed by atoms with Crippen molar-refractivity contribution >= 4 is 11.3 Å². The van der Waals surface area contributed by atoms with E-state index in [4.69, 9.17) is 0 Å². The first-order chi connectivity index (χ1) is 10.3. The van der Waals surface area contributed by atoms with Crippen LogP contribution in [0.3, 0.4) is 0 Å². The molecule has 1 N–H and O–H groups in total. The van der Waals surface area contributed by atoms with E-state index in [0.29, 0.717) is 18.0 Å². The van der Waals surface area contributed by atoms with Gasteiger partial charge in [-0.05, 0) is 22.9 Å². The SMILES string of the molecule is CC(C)C(c1cccs1)N1CCNC(c2ccccc2)C1. The summed E-state index contributed by atoms with van der Waals surface area (Å²) >= 11 is 1.89. The highest BCUT2D eigenvalue weighted by molar-refractivity contribution is 7.10. The lowest BCUT2D eigenvalue weighted by molar-refractivity contribution is 0.115. The lowest BCUT2D eigenvalue weighted by Crippen LogP contribution is -2.48. The summed E-state index contributed by atoms with van der Waals surface area (Å²) in [6.45, 7) is 7.96. The van der Waals surface area contributed by atoms with Gasteiger partial charge in [0.25, 0.3) is 0 Å². The summed E-state index contributed by atoms with van der Waals surface area (Å²) < 4.78 is 0. The predicted octanol–water partition coefficient (Wildman–Crippen LogP) is 4.09. The van der Waals surface area contributed by atoms with Crippen molar-refractivity contribution in [2.75, 3.05) is 19.6 Å². The van der Waals surface area contributed by atoms with Crippen LogP contribution in [-0.2, 0) is 0 Å². The second-order valence-corrected chi connectivity index (χ2v) is 7.10. The van der Waals surface area contributed by atoms with E-state index in [2.05, 4.69) is 71.9 Å². The Morgan fingerprint density at radius 2 is 1.95 bits per heavy atom. The van der Waals surface area contributed by atoms with Crippen molar-refractivity contribution in [2.45, 2.75) is 25.9 Å². The molecule has 1 aliphatic heterocycles. The maximum absolute atomic E-state index is 3.67. The van der Waals surface area contributed by atoms with Crippen molar-refractivity contribution in [3.05, 3.63) is 58.3 Å². The minimum atomic E-state index is 0.446. The summed E-state index contributed by atoms with van der Waals surface area (Å²) in [7, 11) is 0. The van der Waals surface area contributed by atoms with E-state index in [9.17, 15) is 0 Å². The Hall–Kier alpha value is -1.16. The zero-order valence-electron chi connectivity index (χ0n) is 12.8. The monoisotopic (exact) mass is 300 g/mol. The molecule has 112 valence electrons. The zero-order valence-corrected chi connectivity index (χ0v) is 13.6. The van der Waals surface area contributed by atoms with Gasteiger partial charge in [-0.15, -0.1) is 11.3 Å². The Labute approximate surface area is 131 Å². The normalized spacial score (nSPS) is 21.6. The summed E-state index contributed by atoms with van der Waals surface area (Å²) in [6, 6.07) is 16.3. The molecule has 1 fully saturated rings. The van der Waals surface area contributed by atoms with Gasteiger partial charge in [0.1, 0.15) is 0 Å². The third-order valence-electron chi connectivity index (χ3n) is 4.27. The van der Waals surface area contributed by atoms with Crippen molar-refractivity contribution < 1.29 is 0 Å². The van der Waals surface area contributed by atoms with E-state index in [1.807, 2.05) is 11.3 Å². The van der Waals surface area contributed by atoms with E-state index < -0.39 is 0 Å². The fourth-order valence-electron chi connectivity index (χ4n) is 3.32. The molecule has 3 heteroatoms. The molecular weight excluding hydrogens is 276 g/mol. The molecule has 21 heavy (non-hydrogen) atoms. The molecule has 1 aliphatic rings. The fourth-order valence-corrected chi connectivity index (χ4v) is 4.36. The molecule has 2 aromatic rings. The highest BCUT2D eigenvalue weighted by atomic mass is 32.1. The summed E-state index contributed by atoms with van der Waals surface area (Å²) in [4.78, 5) is 4.16. The van der Waals surface area contributed by atoms with Crippen LogP contribution in [0.2, 0.25) is 0 Å². The van der Waals surface area contributed by atoms with Crippen LogP contribution in [0.5, 0.6) is 0 Å². The average molecular weight is 300 g/mol. The largest absolute Gasteiger partial charge is 0.308 e. The Morgan fingerprint density at radius 1 is 1.14 bits per heavy atom. The van der Waals surface area contributed by atoms with Gasteiger partial charge in [-0.3, -0.25) is 4.90 Å². The molecule has 0 saturated carbocycles. The van der Waals surface area contributed by atoms with Crippen molar-refractivity contribution in [1.29, 1.82) is 0 Å². The van der Waals surface area contributed by atoms with Gasteiger partial charge in [0.2, 0.25) is 0 Å². The van der Waals surface area contributed by atoms with Crippen LogP contribution in [0.4, 0.5) is 0 Å². The van der Waals surface area contributed by atoms with Gasteiger partial charge in [0.05, 0.1) is 0 Å². The third-order valence-corrected chi connectivity index (χ3v) is 5.21. The van der Waals surface area contributed by atoms with Crippen molar-refractivity contribution in [2.24, 2.45) is 5.92 Å². The van der Waals surface area contributed by atoms with E-state index in [0.717, 1.165) is 19.6 Å². The molecule has 2 atom stereocenters. The number of nitrogens with zero attached hydrogens (tertiary/aromatic N) is 1. The third kappa shape index (κ3) is 3.37. The first-order valence-corrected chi connectivity index (χ1v) is 8.69.